The highest BCUT2D eigenvalue weighted by atomic mass is 16.5. The summed E-state index contributed by atoms with van der Waals surface area (Å²) in [7, 11) is 8.23. The second kappa shape index (κ2) is 23.3. The van der Waals surface area contributed by atoms with E-state index in [9.17, 15) is 24.0 Å². The van der Waals surface area contributed by atoms with Gasteiger partial charge in [0, 0.05) is 58.5 Å². The Hall–Kier alpha value is -3.15. The van der Waals surface area contributed by atoms with Crippen molar-refractivity contribution in [3.05, 3.63) is 35.9 Å². The molecule has 56 heavy (non-hydrogen) atoms. The molecule has 1 aliphatic heterocycles. The van der Waals surface area contributed by atoms with Crippen LogP contribution in [-0.4, -0.2) is 122 Å². The normalized spacial score (nSPS) is 19.0. The summed E-state index contributed by atoms with van der Waals surface area (Å²) in [6, 6.07) is 8.68. The fraction of sp³-hybridized carbons (Fsp3) is 0.756. The maximum atomic E-state index is 14.4. The molecule has 1 aromatic rings. The maximum absolute atomic E-state index is 14.4. The van der Waals surface area contributed by atoms with Gasteiger partial charge in [-0.15, -0.1) is 0 Å². The fourth-order valence-electron chi connectivity index (χ4n) is 8.67. The monoisotopic (exact) mass is 786 g/mol. The highest BCUT2D eigenvalue weighted by molar-refractivity contribution is 5.90. The molecule has 318 valence electrons. The minimum atomic E-state index is -0.637. The minimum Gasteiger partial charge on any atom is -0.469 e. The molecule has 0 spiro atoms. The molecule has 1 heterocycles. The maximum Gasteiger partial charge on any atom is 0.309 e. The van der Waals surface area contributed by atoms with Gasteiger partial charge in [-0.2, -0.15) is 0 Å². The number of methoxy groups -OCH3 is 3. The van der Waals surface area contributed by atoms with Crippen LogP contribution in [0.25, 0.3) is 0 Å². The second-order valence-corrected chi connectivity index (χ2v) is 17.1. The predicted molar refractivity (Wildman–Crippen MR) is 221 cm³/mol. The Morgan fingerprint density at radius 2 is 1.45 bits per heavy atom. The molecule has 0 radical (unpaired) electrons. The molecule has 9 atom stereocenters. The van der Waals surface area contributed by atoms with Crippen molar-refractivity contribution in [1.29, 1.82) is 0 Å². The van der Waals surface area contributed by atoms with Crippen LogP contribution in [0.1, 0.15) is 106 Å². The van der Waals surface area contributed by atoms with E-state index in [0.717, 1.165) is 18.4 Å². The lowest BCUT2D eigenvalue weighted by Gasteiger charge is -2.41. The zero-order chi connectivity index (χ0) is 42.4. The lowest BCUT2D eigenvalue weighted by Crippen LogP contribution is -2.54. The first-order chi connectivity index (χ1) is 26.4. The number of likely N-dealkylation sites (tertiary alicyclic amines) is 1. The van der Waals surface area contributed by atoms with Crippen LogP contribution >= 0.6 is 0 Å². The van der Waals surface area contributed by atoms with Crippen molar-refractivity contribution in [2.75, 3.05) is 42.0 Å². The van der Waals surface area contributed by atoms with E-state index in [-0.39, 0.29) is 78.5 Å². The van der Waals surface area contributed by atoms with Gasteiger partial charge in [0.1, 0.15) is 5.78 Å². The molecule has 1 aliphatic rings. The molecule has 0 aromatic heterocycles. The van der Waals surface area contributed by atoms with Gasteiger partial charge in [0.25, 0.3) is 0 Å². The summed E-state index contributed by atoms with van der Waals surface area (Å²) in [6.07, 6.45) is 1.57. The zero-order valence-electron chi connectivity index (χ0n) is 37.1. The van der Waals surface area contributed by atoms with E-state index < -0.39 is 42.0 Å². The highest BCUT2D eigenvalue weighted by Gasteiger charge is 2.43. The number of hydrogen-bond donors (Lipinski definition) is 0. The topological polar surface area (TPSA) is 123 Å². The first-order valence-corrected chi connectivity index (χ1v) is 20.9. The molecule has 2 amide bonds. The van der Waals surface area contributed by atoms with Gasteiger partial charge < -0.3 is 24.0 Å². The number of amides is 2. The van der Waals surface area contributed by atoms with Crippen molar-refractivity contribution >= 4 is 29.4 Å². The Morgan fingerprint density at radius 1 is 0.821 bits per heavy atom. The number of benzene rings is 1. The van der Waals surface area contributed by atoms with Gasteiger partial charge in [0.05, 0.1) is 49.8 Å². The number of ketones is 2. The summed E-state index contributed by atoms with van der Waals surface area (Å²) in [5, 5.41) is 0. The standard InChI is InChI=1S/C45H75N3O8/c1-15-31(8)42(47(11)44(52)35(28(2)3)26-38(50)41(29(4)5)46(10)30(6)7)39(54-12)27-40(51)48-23-19-22-36(48)43(55-13)32(9)37(49)25-34(45(53)56-14)24-33-20-17-16-18-21-33/h16-18,20-21,28-32,34-36,39,41-43H,15,19,22-27H2,1-14H3/t31-,32-,34+,35-,36-,39?,41-,42-,43+/m0/s1. The SMILES string of the molecule is CC[C@H](C)[C@@H](C(CC(=O)N1CCC[C@H]1[C@H](OC)[C@@H](C)C(=O)C[C@@H](Cc1ccccc1)C(=O)OC)OC)N(C)C(=O)[C@@H](CC(=O)[C@H](C(C)C)N(C)C(C)C)C(C)C. The van der Waals surface area contributed by atoms with E-state index in [1.165, 1.54) is 7.11 Å². The molecule has 1 unspecified atom stereocenters. The van der Waals surface area contributed by atoms with Crippen molar-refractivity contribution in [2.45, 2.75) is 144 Å². The van der Waals surface area contributed by atoms with E-state index in [1.54, 1.807) is 26.2 Å². The van der Waals surface area contributed by atoms with Crippen LogP contribution in [0.4, 0.5) is 0 Å². The van der Waals surface area contributed by atoms with E-state index in [4.69, 9.17) is 14.2 Å². The number of carbonyl (C=O) groups is 5. The van der Waals surface area contributed by atoms with Crippen LogP contribution in [0, 0.1) is 35.5 Å². The van der Waals surface area contributed by atoms with Crippen LogP contribution in [0.15, 0.2) is 30.3 Å². The molecule has 11 nitrogen and oxygen atoms in total. The van der Waals surface area contributed by atoms with Crippen molar-refractivity contribution in [2.24, 2.45) is 35.5 Å². The van der Waals surface area contributed by atoms with Crippen molar-refractivity contribution in [1.82, 2.24) is 14.7 Å². The fourth-order valence-corrected chi connectivity index (χ4v) is 8.67. The van der Waals surface area contributed by atoms with Gasteiger partial charge in [0.15, 0.2) is 5.78 Å². The molecule has 0 bridgehead atoms. The van der Waals surface area contributed by atoms with Crippen molar-refractivity contribution < 1.29 is 38.2 Å². The Balaban J connectivity index is 2.30. The summed E-state index contributed by atoms with van der Waals surface area (Å²) >= 11 is 0. The molecule has 0 saturated carbocycles. The van der Waals surface area contributed by atoms with Crippen LogP contribution < -0.4 is 0 Å². The average molecular weight is 786 g/mol. The Labute approximate surface area is 338 Å². The minimum absolute atomic E-state index is 0.00147. The van der Waals surface area contributed by atoms with Gasteiger partial charge in [0.2, 0.25) is 11.8 Å². The Morgan fingerprint density at radius 3 is 1.95 bits per heavy atom. The van der Waals surface area contributed by atoms with E-state index in [1.807, 2.05) is 76.9 Å². The zero-order valence-corrected chi connectivity index (χ0v) is 37.1. The van der Waals surface area contributed by atoms with Gasteiger partial charge in [-0.25, -0.2) is 0 Å². The third kappa shape index (κ3) is 12.9. The third-order valence-corrected chi connectivity index (χ3v) is 12.4. The molecular weight excluding hydrogens is 711 g/mol. The molecule has 0 N–H and O–H groups in total. The van der Waals surface area contributed by atoms with Crippen LogP contribution in [0.3, 0.4) is 0 Å². The van der Waals surface area contributed by atoms with E-state index in [2.05, 4.69) is 32.6 Å². The smallest absolute Gasteiger partial charge is 0.309 e. The van der Waals surface area contributed by atoms with Crippen molar-refractivity contribution in [3.8, 4) is 0 Å². The molecule has 1 saturated heterocycles. The first kappa shape index (κ1) is 49.0. The predicted octanol–water partition coefficient (Wildman–Crippen LogP) is 6.49. The number of likely N-dealkylation sites (N-methyl/N-ethyl adjacent to an activating group) is 2. The Bertz CT molecular complexity index is 1400. The summed E-state index contributed by atoms with van der Waals surface area (Å²) in [4.78, 5) is 74.8. The van der Waals surface area contributed by atoms with Crippen LogP contribution in [0.5, 0.6) is 0 Å². The number of esters is 1. The molecule has 11 heteroatoms. The summed E-state index contributed by atoms with van der Waals surface area (Å²) in [6.45, 7) is 18.7. The molecule has 2 rings (SSSR count). The molecule has 0 aliphatic carbocycles. The van der Waals surface area contributed by atoms with E-state index >= 15 is 0 Å². The lowest BCUT2D eigenvalue weighted by molar-refractivity contribution is -0.150. The van der Waals surface area contributed by atoms with Gasteiger partial charge in [-0.3, -0.25) is 28.9 Å². The van der Waals surface area contributed by atoms with Crippen molar-refractivity contribution in [3.63, 3.8) is 0 Å². The molecule has 1 fully saturated rings. The lowest BCUT2D eigenvalue weighted by atomic mass is 9.83. The highest BCUT2D eigenvalue weighted by Crippen LogP contribution is 2.32. The Kier molecular flexibility index (Phi) is 20.4. The quantitative estimate of drug-likeness (QED) is 0.108. The average Bonchev–Trinajstić information content (AvgIpc) is 3.65. The number of hydrogen-bond acceptors (Lipinski definition) is 9. The number of nitrogens with zero attached hydrogens (tertiary/aromatic N) is 3. The summed E-state index contributed by atoms with van der Waals surface area (Å²) in [5.41, 5.74) is 0.942. The summed E-state index contributed by atoms with van der Waals surface area (Å²) < 4.78 is 17.1. The van der Waals surface area contributed by atoms with Gasteiger partial charge >= 0.3 is 5.97 Å². The first-order valence-electron chi connectivity index (χ1n) is 20.9. The number of carbonyl (C=O) groups excluding carboxylic acids is 5. The van der Waals surface area contributed by atoms with Crippen LogP contribution in [-0.2, 0) is 44.6 Å². The largest absolute Gasteiger partial charge is 0.469 e. The summed E-state index contributed by atoms with van der Waals surface area (Å²) in [5.74, 6) is -2.46. The second-order valence-electron chi connectivity index (χ2n) is 17.1. The number of Topliss-reactive ketones (excluding diaryl/α,β-unsaturated/α-hetero) is 2. The number of ether oxygens (including phenoxy) is 3. The van der Waals surface area contributed by atoms with Gasteiger partial charge in [-0.05, 0) is 63.5 Å². The number of rotatable bonds is 24. The third-order valence-electron chi connectivity index (χ3n) is 12.4. The van der Waals surface area contributed by atoms with Gasteiger partial charge in [-0.1, -0.05) is 85.2 Å². The molecule has 1 aromatic carbocycles. The van der Waals surface area contributed by atoms with Crippen LogP contribution in [0.2, 0.25) is 0 Å². The molecular formula is C45H75N3O8. The van der Waals surface area contributed by atoms with E-state index in [0.29, 0.717) is 19.4 Å².